The molecule has 0 N–H and O–H groups in total. The van der Waals surface area contributed by atoms with Crippen LogP contribution in [0.2, 0.25) is 17.6 Å². The second-order valence-electron chi connectivity index (χ2n) is 4.18. The summed E-state index contributed by atoms with van der Waals surface area (Å²) in [6, 6.07) is 0. The first-order chi connectivity index (χ1) is 4.95. The molecule has 0 unspecified atom stereocenters. The van der Waals surface area contributed by atoms with Gasteiger partial charge in [0.25, 0.3) is 0 Å². The van der Waals surface area contributed by atoms with Crippen LogP contribution in [0.15, 0.2) is 11.8 Å². The van der Waals surface area contributed by atoms with E-state index in [1.165, 1.54) is 0 Å². The molecule has 0 aliphatic carbocycles. The van der Waals surface area contributed by atoms with E-state index in [1.807, 2.05) is 0 Å². The molecular weight excluding hydrogens is 148 g/mol. The van der Waals surface area contributed by atoms with Crippen molar-refractivity contribution in [3.05, 3.63) is 11.8 Å². The van der Waals surface area contributed by atoms with E-state index in [4.69, 9.17) is 0 Å². The molecule has 0 rings (SSSR count). The highest BCUT2D eigenvalue weighted by atomic mass is 28.3. The maximum atomic E-state index is 2.47. The Kier molecular flexibility index (Phi) is 4.08. The van der Waals surface area contributed by atoms with Gasteiger partial charge in [-0.3, -0.25) is 0 Å². The summed E-state index contributed by atoms with van der Waals surface area (Å²) in [6.07, 6.45) is 2.23. The Bertz CT molecular complexity index is 126. The van der Waals surface area contributed by atoms with Gasteiger partial charge in [0.05, 0.1) is 8.07 Å². The summed E-state index contributed by atoms with van der Waals surface area (Å²) in [5, 5.41) is 0. The smallest absolute Gasteiger partial charge is 0.0793 e. The Morgan fingerprint density at radius 3 is 1.45 bits per heavy atom. The van der Waals surface area contributed by atoms with Gasteiger partial charge in [-0.2, -0.15) is 0 Å². The molecule has 0 nitrogen and oxygen atoms in total. The van der Waals surface area contributed by atoms with Gasteiger partial charge in [-0.1, -0.05) is 46.0 Å². The maximum absolute atomic E-state index is 2.47. The minimum atomic E-state index is -1.08. The van der Waals surface area contributed by atoms with Crippen LogP contribution < -0.4 is 0 Å². The SMILES string of the molecule is CC=C[Si](C)(C(C)C)C(C)C. The highest BCUT2D eigenvalue weighted by Crippen LogP contribution is 2.32. The van der Waals surface area contributed by atoms with Crippen LogP contribution in [0.5, 0.6) is 0 Å². The van der Waals surface area contributed by atoms with Crippen molar-refractivity contribution in [1.29, 1.82) is 0 Å². The van der Waals surface area contributed by atoms with E-state index in [2.05, 4.69) is 52.9 Å². The van der Waals surface area contributed by atoms with E-state index in [0.717, 1.165) is 11.1 Å². The van der Waals surface area contributed by atoms with Crippen molar-refractivity contribution in [2.75, 3.05) is 0 Å². The van der Waals surface area contributed by atoms with Crippen LogP contribution in [0.3, 0.4) is 0 Å². The molecule has 0 aromatic rings. The Labute approximate surface area is 72.7 Å². The summed E-state index contributed by atoms with van der Waals surface area (Å²) in [4.78, 5) is 0. The maximum Gasteiger partial charge on any atom is 0.0793 e. The molecule has 0 saturated heterocycles. The number of allylic oxidation sites excluding steroid dienone is 1. The molecule has 0 heterocycles. The third kappa shape index (κ3) is 2.48. The predicted molar refractivity (Wildman–Crippen MR) is 56.6 cm³/mol. The summed E-state index contributed by atoms with van der Waals surface area (Å²) < 4.78 is 0. The highest BCUT2D eigenvalue weighted by molar-refractivity contribution is 6.85. The van der Waals surface area contributed by atoms with E-state index in [0.29, 0.717) is 0 Å². The Morgan fingerprint density at radius 2 is 1.36 bits per heavy atom. The first-order valence-electron chi connectivity index (χ1n) is 4.59. The van der Waals surface area contributed by atoms with Crippen LogP contribution in [0.4, 0.5) is 0 Å². The highest BCUT2D eigenvalue weighted by Gasteiger charge is 2.30. The van der Waals surface area contributed by atoms with Crippen LogP contribution in [0.25, 0.3) is 0 Å². The molecule has 0 bridgehead atoms. The lowest BCUT2D eigenvalue weighted by Crippen LogP contribution is -2.35. The molecule has 11 heavy (non-hydrogen) atoms. The van der Waals surface area contributed by atoms with Crippen molar-refractivity contribution in [3.8, 4) is 0 Å². The van der Waals surface area contributed by atoms with Crippen LogP contribution in [0.1, 0.15) is 34.6 Å². The fourth-order valence-electron chi connectivity index (χ4n) is 1.41. The average molecular weight is 170 g/mol. The summed E-state index contributed by atoms with van der Waals surface area (Å²) in [5.74, 6) is 0. The standard InChI is InChI=1S/C10H22Si/c1-7-8-11(6,9(2)3)10(4)5/h7-10H,1-6H3. The Hall–Kier alpha value is -0.0431. The lowest BCUT2D eigenvalue weighted by atomic mass is 10.5. The summed E-state index contributed by atoms with van der Waals surface area (Å²) >= 11 is 0. The first kappa shape index (κ1) is 11.0. The van der Waals surface area contributed by atoms with Crippen LogP contribution >= 0.6 is 0 Å². The van der Waals surface area contributed by atoms with Crippen molar-refractivity contribution in [3.63, 3.8) is 0 Å². The topological polar surface area (TPSA) is 0 Å². The van der Waals surface area contributed by atoms with Gasteiger partial charge >= 0.3 is 0 Å². The Balaban J connectivity index is 4.52. The molecule has 0 aliphatic heterocycles. The van der Waals surface area contributed by atoms with Gasteiger partial charge in [0.2, 0.25) is 0 Å². The van der Waals surface area contributed by atoms with Crippen molar-refractivity contribution in [2.45, 2.75) is 52.2 Å². The average Bonchev–Trinajstić information content (AvgIpc) is 1.87. The van der Waals surface area contributed by atoms with Crippen molar-refractivity contribution in [2.24, 2.45) is 0 Å². The molecule has 0 aliphatic rings. The van der Waals surface area contributed by atoms with Gasteiger partial charge < -0.3 is 0 Å². The summed E-state index contributed by atoms with van der Waals surface area (Å²) in [5.41, 5.74) is 4.19. The monoisotopic (exact) mass is 170 g/mol. The first-order valence-corrected chi connectivity index (χ1v) is 7.32. The lowest BCUT2D eigenvalue weighted by Gasteiger charge is -2.32. The lowest BCUT2D eigenvalue weighted by molar-refractivity contribution is 0.916. The number of hydrogen-bond donors (Lipinski definition) is 0. The van der Waals surface area contributed by atoms with Crippen LogP contribution in [0, 0.1) is 0 Å². The van der Waals surface area contributed by atoms with Crippen molar-refractivity contribution in [1.82, 2.24) is 0 Å². The van der Waals surface area contributed by atoms with Crippen molar-refractivity contribution < 1.29 is 0 Å². The zero-order valence-electron chi connectivity index (χ0n) is 8.81. The molecule has 0 spiro atoms. The van der Waals surface area contributed by atoms with Gasteiger partial charge in [-0.05, 0) is 18.0 Å². The Morgan fingerprint density at radius 1 is 1.00 bits per heavy atom. The number of hydrogen-bond acceptors (Lipinski definition) is 0. The van der Waals surface area contributed by atoms with E-state index in [1.54, 1.807) is 0 Å². The van der Waals surface area contributed by atoms with Gasteiger partial charge in [-0.15, -0.1) is 0 Å². The molecule has 0 aromatic carbocycles. The second kappa shape index (κ2) is 4.10. The minimum Gasteiger partial charge on any atom is -0.0982 e. The molecule has 0 saturated carbocycles. The van der Waals surface area contributed by atoms with Crippen LogP contribution in [-0.4, -0.2) is 8.07 Å². The molecule has 1 heteroatoms. The van der Waals surface area contributed by atoms with E-state index in [-0.39, 0.29) is 0 Å². The van der Waals surface area contributed by atoms with E-state index < -0.39 is 8.07 Å². The normalized spacial score (nSPS) is 13.8. The minimum absolute atomic E-state index is 0.860. The molecule has 66 valence electrons. The van der Waals surface area contributed by atoms with Gasteiger partial charge in [0.1, 0.15) is 0 Å². The summed E-state index contributed by atoms with van der Waals surface area (Å²) in [7, 11) is -1.08. The third-order valence-corrected chi connectivity index (χ3v) is 9.04. The van der Waals surface area contributed by atoms with Gasteiger partial charge in [-0.25, -0.2) is 0 Å². The third-order valence-electron chi connectivity index (χ3n) is 3.01. The summed E-state index contributed by atoms with van der Waals surface area (Å²) in [6.45, 7) is 14.0. The molecule has 0 fully saturated rings. The van der Waals surface area contributed by atoms with E-state index in [9.17, 15) is 0 Å². The quantitative estimate of drug-likeness (QED) is 0.562. The van der Waals surface area contributed by atoms with Crippen molar-refractivity contribution >= 4 is 8.07 Å². The zero-order chi connectivity index (χ0) is 9.07. The zero-order valence-corrected chi connectivity index (χ0v) is 9.81. The fourth-order valence-corrected chi connectivity index (χ4v) is 4.23. The molecule has 0 radical (unpaired) electrons. The largest absolute Gasteiger partial charge is 0.0982 e. The van der Waals surface area contributed by atoms with Crippen LogP contribution in [-0.2, 0) is 0 Å². The van der Waals surface area contributed by atoms with Gasteiger partial charge in [0, 0.05) is 0 Å². The predicted octanol–water partition coefficient (Wildman–Crippen LogP) is 4.00. The molecular formula is C10H22Si. The molecule has 0 aromatic heterocycles. The van der Waals surface area contributed by atoms with E-state index >= 15 is 0 Å². The molecule has 0 atom stereocenters. The molecule has 0 amide bonds. The second-order valence-corrected chi connectivity index (χ2v) is 9.55. The number of rotatable bonds is 3. The fraction of sp³-hybridized carbons (Fsp3) is 0.800. The van der Waals surface area contributed by atoms with Gasteiger partial charge in [0.15, 0.2) is 0 Å².